The van der Waals surface area contributed by atoms with Gasteiger partial charge in [-0.15, -0.1) is 0 Å². The third kappa shape index (κ3) is 4.34. The summed E-state index contributed by atoms with van der Waals surface area (Å²) in [7, 11) is 5.14. The van der Waals surface area contributed by atoms with Gasteiger partial charge >= 0.3 is 6.09 Å². The largest absolute Gasteiger partial charge is 0.493 e. The first-order valence-electron chi connectivity index (χ1n) is 10.0. The van der Waals surface area contributed by atoms with Gasteiger partial charge in [-0.3, -0.25) is 4.79 Å². The second-order valence-corrected chi connectivity index (χ2v) is 7.49. The van der Waals surface area contributed by atoms with E-state index in [0.717, 1.165) is 24.2 Å². The van der Waals surface area contributed by atoms with Crippen LogP contribution in [-0.2, 0) is 4.79 Å². The van der Waals surface area contributed by atoms with Crippen molar-refractivity contribution < 1.29 is 23.8 Å². The highest BCUT2D eigenvalue weighted by Crippen LogP contribution is 2.41. The smallest absolute Gasteiger partial charge is 0.415 e. The third-order valence-electron chi connectivity index (χ3n) is 5.46. The number of anilines is 1. The minimum absolute atomic E-state index is 0.198. The predicted octanol–water partition coefficient (Wildman–Crippen LogP) is 2.94. The van der Waals surface area contributed by atoms with Crippen molar-refractivity contribution in [3.8, 4) is 17.2 Å². The van der Waals surface area contributed by atoms with Crippen molar-refractivity contribution in [3.05, 3.63) is 47.5 Å². The number of benzene rings is 2. The summed E-state index contributed by atoms with van der Waals surface area (Å²) in [6, 6.07) is 10.6. The van der Waals surface area contributed by atoms with Gasteiger partial charge in [0.2, 0.25) is 0 Å². The van der Waals surface area contributed by atoms with Gasteiger partial charge in [-0.1, -0.05) is 12.1 Å². The summed E-state index contributed by atoms with van der Waals surface area (Å²) in [5, 5.41) is 2.85. The number of carbonyl (C=O) groups excluding carboxylic acids is 2. The summed E-state index contributed by atoms with van der Waals surface area (Å²) in [6.45, 7) is 2.98. The minimum atomic E-state index is -0.343. The highest BCUT2D eigenvalue weighted by molar-refractivity contribution is 6.35. The van der Waals surface area contributed by atoms with Crippen molar-refractivity contribution in [1.82, 2.24) is 9.80 Å². The summed E-state index contributed by atoms with van der Waals surface area (Å²) in [6.07, 6.45) is 1.45. The van der Waals surface area contributed by atoms with Gasteiger partial charge in [0.25, 0.3) is 5.91 Å². The van der Waals surface area contributed by atoms with E-state index < -0.39 is 0 Å². The zero-order chi connectivity index (χ0) is 22.0. The fraction of sp³-hybridized carbons (Fsp3) is 0.304. The van der Waals surface area contributed by atoms with Crippen molar-refractivity contribution in [2.45, 2.75) is 0 Å². The van der Waals surface area contributed by atoms with E-state index in [1.54, 1.807) is 49.5 Å². The standard InChI is InChI=1S/C23H25N3O5/c1-25-8-10-26(11-9-25)23(28)31-16-6-4-15(5-7-16)12-18-17-13-20(29-2)21(30-3)14-19(17)24-22(18)27/h4-7,12-14H,8-11H2,1-3H3,(H,24,27). The lowest BCUT2D eigenvalue weighted by molar-refractivity contribution is -0.110. The summed E-state index contributed by atoms with van der Waals surface area (Å²) < 4.78 is 16.1. The second-order valence-electron chi connectivity index (χ2n) is 7.49. The molecular formula is C23H25N3O5. The molecule has 8 heteroatoms. The number of likely N-dealkylation sites (N-methyl/N-ethyl adjacent to an activating group) is 1. The first-order valence-corrected chi connectivity index (χ1v) is 10.0. The van der Waals surface area contributed by atoms with Gasteiger partial charge in [-0.05, 0) is 36.9 Å². The van der Waals surface area contributed by atoms with Gasteiger partial charge in [0.15, 0.2) is 11.5 Å². The Morgan fingerprint density at radius 2 is 1.65 bits per heavy atom. The van der Waals surface area contributed by atoms with Crippen LogP contribution in [0.2, 0.25) is 0 Å². The molecule has 0 spiro atoms. The molecular weight excluding hydrogens is 398 g/mol. The molecule has 2 aliphatic heterocycles. The summed E-state index contributed by atoms with van der Waals surface area (Å²) in [5.74, 6) is 1.37. The zero-order valence-corrected chi connectivity index (χ0v) is 17.8. The molecule has 162 valence electrons. The average Bonchev–Trinajstić information content (AvgIpc) is 3.08. The fourth-order valence-corrected chi connectivity index (χ4v) is 3.61. The summed E-state index contributed by atoms with van der Waals surface area (Å²) in [4.78, 5) is 28.7. The van der Waals surface area contributed by atoms with E-state index in [9.17, 15) is 9.59 Å². The maximum atomic E-state index is 12.5. The highest BCUT2D eigenvalue weighted by atomic mass is 16.6. The van der Waals surface area contributed by atoms with E-state index in [4.69, 9.17) is 14.2 Å². The molecule has 4 rings (SSSR count). The number of nitrogens with one attached hydrogen (secondary N) is 1. The van der Waals surface area contributed by atoms with Gasteiger partial charge in [-0.2, -0.15) is 0 Å². The van der Waals surface area contributed by atoms with Crippen molar-refractivity contribution in [1.29, 1.82) is 0 Å². The van der Waals surface area contributed by atoms with E-state index >= 15 is 0 Å². The maximum absolute atomic E-state index is 12.5. The summed E-state index contributed by atoms with van der Waals surface area (Å²) >= 11 is 0. The first-order chi connectivity index (χ1) is 15.0. The molecule has 2 heterocycles. The maximum Gasteiger partial charge on any atom is 0.415 e. The Balaban J connectivity index is 1.50. The van der Waals surface area contributed by atoms with Crippen LogP contribution in [0.25, 0.3) is 11.6 Å². The van der Waals surface area contributed by atoms with Crippen LogP contribution in [0.4, 0.5) is 10.5 Å². The molecule has 2 aromatic carbocycles. The molecule has 2 aliphatic rings. The Morgan fingerprint density at radius 3 is 2.29 bits per heavy atom. The van der Waals surface area contributed by atoms with Gasteiger partial charge in [0.05, 0.1) is 19.9 Å². The number of methoxy groups -OCH3 is 2. The Bertz CT molecular complexity index is 1020. The molecule has 0 unspecified atom stereocenters. The number of fused-ring (bicyclic) bond motifs is 1. The van der Waals surface area contributed by atoms with Crippen LogP contribution in [0.15, 0.2) is 36.4 Å². The van der Waals surface area contributed by atoms with Crippen LogP contribution in [0, 0.1) is 0 Å². The average molecular weight is 423 g/mol. The molecule has 0 saturated carbocycles. The zero-order valence-electron chi connectivity index (χ0n) is 17.8. The lowest BCUT2D eigenvalue weighted by Gasteiger charge is -2.31. The molecule has 31 heavy (non-hydrogen) atoms. The Hall–Kier alpha value is -3.52. The number of nitrogens with zero attached hydrogens (tertiary/aromatic N) is 2. The van der Waals surface area contributed by atoms with Crippen molar-refractivity contribution >= 4 is 29.3 Å². The molecule has 0 aliphatic carbocycles. The van der Waals surface area contributed by atoms with E-state index in [1.807, 2.05) is 19.2 Å². The number of hydrogen-bond donors (Lipinski definition) is 1. The Labute approximate surface area is 181 Å². The fourth-order valence-electron chi connectivity index (χ4n) is 3.61. The second kappa shape index (κ2) is 8.69. The quantitative estimate of drug-likeness (QED) is 0.762. The van der Waals surface area contributed by atoms with E-state index in [-0.39, 0.29) is 12.0 Å². The predicted molar refractivity (Wildman–Crippen MR) is 118 cm³/mol. The molecule has 0 atom stereocenters. The van der Waals surface area contributed by atoms with E-state index in [1.165, 1.54) is 0 Å². The van der Waals surface area contributed by atoms with Gasteiger partial charge < -0.3 is 29.3 Å². The highest BCUT2D eigenvalue weighted by Gasteiger charge is 2.26. The molecule has 2 aromatic rings. The molecule has 1 N–H and O–H groups in total. The third-order valence-corrected chi connectivity index (χ3v) is 5.46. The summed E-state index contributed by atoms with van der Waals surface area (Å²) in [5.41, 5.74) is 2.75. The lowest BCUT2D eigenvalue weighted by atomic mass is 10.0. The molecule has 1 saturated heterocycles. The Kier molecular flexibility index (Phi) is 5.81. The molecule has 0 aromatic heterocycles. The van der Waals surface area contributed by atoms with Crippen LogP contribution in [0.3, 0.4) is 0 Å². The van der Waals surface area contributed by atoms with E-state index in [0.29, 0.717) is 41.6 Å². The van der Waals surface area contributed by atoms with Gasteiger partial charge in [0.1, 0.15) is 5.75 Å². The SMILES string of the molecule is COc1cc2c(cc1OC)C(=Cc1ccc(OC(=O)N3CCN(C)CC3)cc1)C(=O)N2. The van der Waals surface area contributed by atoms with Crippen LogP contribution in [0.1, 0.15) is 11.1 Å². The van der Waals surface area contributed by atoms with Crippen molar-refractivity contribution in [2.24, 2.45) is 0 Å². The molecule has 1 fully saturated rings. The number of rotatable bonds is 4. The van der Waals surface area contributed by atoms with Crippen LogP contribution in [-0.4, -0.2) is 69.2 Å². The van der Waals surface area contributed by atoms with Gasteiger partial charge in [-0.25, -0.2) is 4.79 Å². The monoisotopic (exact) mass is 423 g/mol. The van der Waals surface area contributed by atoms with Crippen LogP contribution >= 0.6 is 0 Å². The first kappa shape index (κ1) is 20.7. The molecule has 0 bridgehead atoms. The number of carbonyl (C=O) groups is 2. The van der Waals surface area contributed by atoms with Crippen LogP contribution in [0.5, 0.6) is 17.2 Å². The lowest BCUT2D eigenvalue weighted by Crippen LogP contribution is -2.48. The van der Waals surface area contributed by atoms with E-state index in [2.05, 4.69) is 10.2 Å². The Morgan fingerprint density at radius 1 is 1.00 bits per heavy atom. The number of amides is 2. The number of piperazine rings is 1. The molecule has 2 amide bonds. The van der Waals surface area contributed by atoms with Crippen molar-refractivity contribution in [2.75, 3.05) is 52.8 Å². The minimum Gasteiger partial charge on any atom is -0.493 e. The van der Waals surface area contributed by atoms with Crippen LogP contribution < -0.4 is 19.5 Å². The topological polar surface area (TPSA) is 80.3 Å². The number of ether oxygens (including phenoxy) is 3. The molecule has 8 nitrogen and oxygen atoms in total. The van der Waals surface area contributed by atoms with Crippen molar-refractivity contribution in [3.63, 3.8) is 0 Å². The molecule has 0 radical (unpaired) electrons. The number of hydrogen-bond acceptors (Lipinski definition) is 6. The normalized spacial score (nSPS) is 17.3. The van der Waals surface area contributed by atoms with Gasteiger partial charge in [0, 0.05) is 43.4 Å².